The second kappa shape index (κ2) is 7.84. The lowest BCUT2D eigenvalue weighted by Crippen LogP contribution is -2.46. The number of carbonyl (C=O) groups is 1. The largest absolute Gasteiger partial charge is 0.467 e. The number of ether oxygens (including phenoxy) is 1. The number of amides is 1. The van der Waals surface area contributed by atoms with Gasteiger partial charge in [-0.05, 0) is 43.2 Å². The van der Waals surface area contributed by atoms with Crippen molar-refractivity contribution in [3.05, 3.63) is 70.5 Å². The van der Waals surface area contributed by atoms with Crippen LogP contribution in [0.1, 0.15) is 29.0 Å². The van der Waals surface area contributed by atoms with Gasteiger partial charge in [-0.3, -0.25) is 14.0 Å². The summed E-state index contributed by atoms with van der Waals surface area (Å²) < 4.78 is 14.2. The fourth-order valence-electron chi connectivity index (χ4n) is 3.94. The fourth-order valence-corrected chi connectivity index (χ4v) is 3.94. The maximum Gasteiger partial charge on any atom is 0.278 e. The minimum absolute atomic E-state index is 0.0482. The highest BCUT2D eigenvalue weighted by Gasteiger charge is 2.27. The Balaban J connectivity index is 1.65. The van der Waals surface area contributed by atoms with Crippen LogP contribution in [-0.4, -0.2) is 28.0 Å². The summed E-state index contributed by atoms with van der Waals surface area (Å²) in [7, 11) is 0. The van der Waals surface area contributed by atoms with Gasteiger partial charge in [0.25, 0.3) is 17.1 Å². The number of furan rings is 1. The third-order valence-corrected chi connectivity index (χ3v) is 5.52. The van der Waals surface area contributed by atoms with Gasteiger partial charge in [0.2, 0.25) is 11.5 Å². The Morgan fingerprint density at radius 3 is 3.00 bits per heavy atom. The highest BCUT2D eigenvalue weighted by atomic mass is 16.5. The molecule has 3 N–H and O–H groups in total. The zero-order chi connectivity index (χ0) is 21.4. The average molecular weight is 420 g/mol. The molecule has 1 aliphatic rings. The third-order valence-electron chi connectivity index (χ3n) is 5.52. The number of hydrogen-bond donors (Lipinski definition) is 2. The molecule has 4 aromatic rings. The van der Waals surface area contributed by atoms with Gasteiger partial charge in [0.05, 0.1) is 25.5 Å². The van der Waals surface area contributed by atoms with Gasteiger partial charge in [-0.2, -0.15) is 0 Å². The number of nitrogens with one attached hydrogen (secondary N) is 1. The zero-order valence-electron chi connectivity index (χ0n) is 16.8. The van der Waals surface area contributed by atoms with Gasteiger partial charge >= 0.3 is 0 Å². The molecule has 9 nitrogen and oxygen atoms in total. The maximum absolute atomic E-state index is 13.2. The summed E-state index contributed by atoms with van der Waals surface area (Å²) in [6, 6.07) is 10.4. The molecule has 0 unspecified atom stereocenters. The lowest BCUT2D eigenvalue weighted by atomic mass is 10.1. The monoisotopic (exact) mass is 420 g/mol. The molecule has 0 radical (unpaired) electrons. The van der Waals surface area contributed by atoms with Gasteiger partial charge in [0, 0.05) is 12.8 Å². The van der Waals surface area contributed by atoms with E-state index in [1.54, 1.807) is 41.3 Å². The molecule has 0 spiro atoms. The van der Waals surface area contributed by atoms with E-state index in [0.717, 1.165) is 12.8 Å². The minimum Gasteiger partial charge on any atom is -0.467 e. The number of nitrogens with zero attached hydrogens (tertiary/aromatic N) is 3. The molecule has 1 aliphatic heterocycles. The molecule has 1 atom stereocenters. The molecule has 0 aliphatic carbocycles. The second-order valence-corrected chi connectivity index (χ2v) is 7.53. The SMILES string of the molecule is Nc1c(C(=O)NCc2ccco2)cc2c(=O)n3ccccc3nc2[n+]1C[C@@H]1CCCO1. The molecular weight excluding hydrogens is 398 g/mol. The first kappa shape index (κ1) is 19.3. The topological polar surface area (TPSA) is 116 Å². The van der Waals surface area contributed by atoms with E-state index in [1.165, 1.54) is 10.5 Å². The van der Waals surface area contributed by atoms with Crippen LogP contribution in [0.3, 0.4) is 0 Å². The van der Waals surface area contributed by atoms with E-state index in [-0.39, 0.29) is 29.6 Å². The Kier molecular flexibility index (Phi) is 4.87. The van der Waals surface area contributed by atoms with Gasteiger partial charge in [-0.1, -0.05) is 11.1 Å². The third kappa shape index (κ3) is 3.53. The Morgan fingerprint density at radius 2 is 2.23 bits per heavy atom. The Labute approximate surface area is 177 Å². The summed E-state index contributed by atoms with van der Waals surface area (Å²) in [5, 5.41) is 3.12. The van der Waals surface area contributed by atoms with Gasteiger partial charge < -0.3 is 20.2 Å². The first-order chi connectivity index (χ1) is 15.1. The quantitative estimate of drug-likeness (QED) is 0.373. The van der Waals surface area contributed by atoms with Crippen molar-refractivity contribution in [3.63, 3.8) is 0 Å². The lowest BCUT2D eigenvalue weighted by molar-refractivity contribution is -0.666. The molecule has 158 valence electrons. The molecule has 1 saturated heterocycles. The Morgan fingerprint density at radius 1 is 1.32 bits per heavy atom. The molecule has 1 fully saturated rings. The number of fused-ring (bicyclic) bond motifs is 2. The van der Waals surface area contributed by atoms with Gasteiger partial charge in [-0.15, -0.1) is 0 Å². The van der Waals surface area contributed by atoms with E-state index in [9.17, 15) is 9.59 Å². The molecule has 0 bridgehead atoms. The van der Waals surface area contributed by atoms with Crippen molar-refractivity contribution in [1.82, 2.24) is 14.7 Å². The number of pyridine rings is 2. The van der Waals surface area contributed by atoms with Crippen LogP contribution in [0, 0.1) is 0 Å². The van der Waals surface area contributed by atoms with Gasteiger partial charge in [-0.25, -0.2) is 4.57 Å². The highest BCUT2D eigenvalue weighted by Crippen LogP contribution is 2.18. The van der Waals surface area contributed by atoms with Gasteiger partial charge in [0.1, 0.15) is 16.7 Å². The van der Waals surface area contributed by atoms with Crippen molar-refractivity contribution in [3.8, 4) is 0 Å². The zero-order valence-corrected chi connectivity index (χ0v) is 16.8. The van der Waals surface area contributed by atoms with Crippen molar-refractivity contribution in [1.29, 1.82) is 0 Å². The van der Waals surface area contributed by atoms with Crippen molar-refractivity contribution in [2.24, 2.45) is 0 Å². The Bertz CT molecular complexity index is 1320. The van der Waals surface area contributed by atoms with Crippen molar-refractivity contribution in [2.45, 2.75) is 32.0 Å². The molecule has 0 saturated carbocycles. The highest BCUT2D eigenvalue weighted by molar-refractivity contribution is 6.00. The standard InChI is InChI=1S/C22H21N5O4/c23-19-16(21(28)24-12-14-5-3-9-30-14)11-17-20(27(19)13-15-6-4-10-31-15)25-18-7-1-2-8-26(18)22(17)29/h1-3,5,7-9,11,15,23H,4,6,10,12-13H2,(H,24,28)/p+1/t15-/m0/s1. The average Bonchev–Trinajstić information content (AvgIpc) is 3.48. The Hall–Kier alpha value is -3.72. The van der Waals surface area contributed by atoms with Crippen molar-refractivity contribution < 1.29 is 18.5 Å². The first-order valence-corrected chi connectivity index (χ1v) is 10.2. The number of anilines is 1. The van der Waals surface area contributed by atoms with Crippen LogP contribution in [0.25, 0.3) is 16.7 Å². The van der Waals surface area contributed by atoms with Crippen LogP contribution >= 0.6 is 0 Å². The van der Waals surface area contributed by atoms with E-state index in [0.29, 0.717) is 35.6 Å². The predicted octanol–water partition coefficient (Wildman–Crippen LogP) is 1.42. The summed E-state index contributed by atoms with van der Waals surface area (Å²) in [5.41, 5.74) is 7.34. The van der Waals surface area contributed by atoms with E-state index in [2.05, 4.69) is 10.3 Å². The summed E-state index contributed by atoms with van der Waals surface area (Å²) in [5.74, 6) is 0.467. The smallest absolute Gasteiger partial charge is 0.278 e. The number of hydrogen-bond acceptors (Lipinski definition) is 6. The van der Waals surface area contributed by atoms with Crippen LogP contribution in [0.5, 0.6) is 0 Å². The second-order valence-electron chi connectivity index (χ2n) is 7.53. The van der Waals surface area contributed by atoms with Crippen LogP contribution in [-0.2, 0) is 17.8 Å². The van der Waals surface area contributed by atoms with Crippen LogP contribution in [0.2, 0.25) is 0 Å². The molecule has 9 heteroatoms. The molecular formula is C22H22N5O4+. The van der Waals surface area contributed by atoms with E-state index < -0.39 is 5.91 Å². The van der Waals surface area contributed by atoms with Crippen LogP contribution in [0.15, 0.2) is 58.1 Å². The maximum atomic E-state index is 13.2. The molecule has 5 heterocycles. The predicted molar refractivity (Wildman–Crippen MR) is 112 cm³/mol. The number of rotatable bonds is 5. The van der Waals surface area contributed by atoms with Crippen LogP contribution in [0.4, 0.5) is 5.82 Å². The summed E-state index contributed by atoms with van der Waals surface area (Å²) in [4.78, 5) is 30.8. The van der Waals surface area contributed by atoms with Crippen molar-refractivity contribution >= 4 is 28.4 Å². The van der Waals surface area contributed by atoms with E-state index in [1.807, 2.05) is 6.07 Å². The molecule has 0 aromatic carbocycles. The van der Waals surface area contributed by atoms with E-state index in [4.69, 9.17) is 14.9 Å². The molecule has 5 rings (SSSR count). The normalized spacial score (nSPS) is 16.2. The van der Waals surface area contributed by atoms with Crippen molar-refractivity contribution in [2.75, 3.05) is 12.3 Å². The summed E-state index contributed by atoms with van der Waals surface area (Å²) in [6.07, 6.45) is 4.99. The van der Waals surface area contributed by atoms with E-state index >= 15 is 0 Å². The lowest BCUT2D eigenvalue weighted by Gasteiger charge is -2.15. The van der Waals surface area contributed by atoms with Crippen LogP contribution < -0.4 is 21.2 Å². The fraction of sp³-hybridized carbons (Fsp3) is 0.273. The number of carbonyl (C=O) groups excluding carboxylic acids is 1. The van der Waals surface area contributed by atoms with Gasteiger partial charge in [0.15, 0.2) is 0 Å². The number of nitrogen functional groups attached to an aromatic ring is 1. The summed E-state index contributed by atoms with van der Waals surface area (Å²) in [6.45, 7) is 1.31. The number of aromatic nitrogens is 3. The minimum atomic E-state index is -0.394. The first-order valence-electron chi connectivity index (χ1n) is 10.2. The molecule has 4 aromatic heterocycles. The molecule has 31 heavy (non-hydrogen) atoms. The number of nitrogens with two attached hydrogens (primary N) is 1. The summed E-state index contributed by atoms with van der Waals surface area (Å²) >= 11 is 0. The molecule has 1 amide bonds.